The molecule has 21 heavy (non-hydrogen) atoms. The third kappa shape index (κ3) is 3.77. The molecular formula is C14H20N4OS2. The standard InChI is InChI=1S/C14H20N4OS2/c1-11-8-15-14(21-11)18-6-4-17(5-7-18)13(19)3-2-12-9-20-10-16-12/h9-11H,2-8H2,1H3. The second-order valence-corrected chi connectivity index (χ2v) is 7.52. The maximum absolute atomic E-state index is 12.2. The summed E-state index contributed by atoms with van der Waals surface area (Å²) >= 11 is 3.44. The minimum absolute atomic E-state index is 0.247. The third-order valence-corrected chi connectivity index (χ3v) is 5.56. The Morgan fingerprint density at radius 1 is 1.38 bits per heavy atom. The first-order chi connectivity index (χ1) is 10.2. The Morgan fingerprint density at radius 2 is 2.19 bits per heavy atom. The van der Waals surface area contributed by atoms with Crippen molar-refractivity contribution < 1.29 is 4.79 Å². The number of nitrogens with zero attached hydrogens (tertiary/aromatic N) is 4. The molecule has 5 nitrogen and oxygen atoms in total. The monoisotopic (exact) mass is 324 g/mol. The molecule has 1 fully saturated rings. The van der Waals surface area contributed by atoms with E-state index in [0.29, 0.717) is 11.7 Å². The third-order valence-electron chi connectivity index (χ3n) is 3.77. The maximum atomic E-state index is 12.2. The molecule has 2 aliphatic heterocycles. The zero-order valence-electron chi connectivity index (χ0n) is 12.2. The van der Waals surface area contributed by atoms with Gasteiger partial charge in [-0.3, -0.25) is 9.79 Å². The molecule has 0 bridgehead atoms. The van der Waals surface area contributed by atoms with Crippen LogP contribution in [0.3, 0.4) is 0 Å². The molecule has 0 N–H and O–H groups in total. The molecule has 0 aliphatic carbocycles. The van der Waals surface area contributed by atoms with Gasteiger partial charge in [0.05, 0.1) is 17.7 Å². The number of hydrogen-bond acceptors (Lipinski definition) is 6. The fraction of sp³-hybridized carbons (Fsp3) is 0.643. The van der Waals surface area contributed by atoms with E-state index in [9.17, 15) is 4.79 Å². The van der Waals surface area contributed by atoms with Crippen molar-refractivity contribution >= 4 is 34.2 Å². The molecule has 0 spiro atoms. The largest absolute Gasteiger partial charge is 0.348 e. The van der Waals surface area contributed by atoms with E-state index in [1.165, 1.54) is 0 Å². The van der Waals surface area contributed by atoms with Gasteiger partial charge in [-0.05, 0) is 6.42 Å². The minimum Gasteiger partial charge on any atom is -0.348 e. The van der Waals surface area contributed by atoms with E-state index in [1.807, 2.05) is 27.6 Å². The first-order valence-corrected chi connectivity index (χ1v) is 9.15. The highest BCUT2D eigenvalue weighted by Gasteiger charge is 2.26. The second kappa shape index (κ2) is 6.79. The van der Waals surface area contributed by atoms with Crippen molar-refractivity contribution in [2.45, 2.75) is 25.0 Å². The summed E-state index contributed by atoms with van der Waals surface area (Å²) in [5.74, 6) is 0.247. The van der Waals surface area contributed by atoms with E-state index in [2.05, 4.69) is 21.8 Å². The molecule has 1 atom stereocenters. The highest BCUT2D eigenvalue weighted by Crippen LogP contribution is 2.23. The van der Waals surface area contributed by atoms with Crippen LogP contribution >= 0.6 is 23.1 Å². The number of amides is 1. The van der Waals surface area contributed by atoms with Gasteiger partial charge in [0.25, 0.3) is 0 Å². The first-order valence-electron chi connectivity index (χ1n) is 7.33. The number of thioether (sulfide) groups is 1. The number of rotatable bonds is 3. The summed E-state index contributed by atoms with van der Waals surface area (Å²) in [5.41, 5.74) is 2.84. The van der Waals surface area contributed by atoms with E-state index >= 15 is 0 Å². The Labute approximate surface area is 133 Å². The van der Waals surface area contributed by atoms with Crippen LogP contribution in [0.5, 0.6) is 0 Å². The van der Waals surface area contributed by atoms with Crippen LogP contribution in [0.4, 0.5) is 0 Å². The smallest absolute Gasteiger partial charge is 0.223 e. The van der Waals surface area contributed by atoms with Gasteiger partial charge in [-0.25, -0.2) is 4.98 Å². The summed E-state index contributed by atoms with van der Waals surface area (Å²) in [6.07, 6.45) is 1.32. The molecule has 1 aromatic rings. The zero-order chi connectivity index (χ0) is 14.7. The van der Waals surface area contributed by atoms with Crippen molar-refractivity contribution in [2.75, 3.05) is 32.7 Å². The van der Waals surface area contributed by atoms with Gasteiger partial charge in [0, 0.05) is 43.2 Å². The number of carbonyl (C=O) groups is 1. The van der Waals surface area contributed by atoms with Crippen molar-refractivity contribution in [1.29, 1.82) is 0 Å². The molecule has 114 valence electrons. The Morgan fingerprint density at radius 3 is 2.81 bits per heavy atom. The van der Waals surface area contributed by atoms with Crippen LogP contribution in [0.2, 0.25) is 0 Å². The summed E-state index contributed by atoms with van der Waals surface area (Å²) < 4.78 is 0. The molecule has 1 unspecified atom stereocenters. The van der Waals surface area contributed by atoms with Crippen molar-refractivity contribution in [3.05, 3.63) is 16.6 Å². The number of piperazine rings is 1. The number of thiazole rings is 1. The van der Waals surface area contributed by atoms with E-state index in [4.69, 9.17) is 0 Å². The summed E-state index contributed by atoms with van der Waals surface area (Å²) in [6, 6.07) is 0. The Kier molecular flexibility index (Phi) is 4.80. The van der Waals surface area contributed by atoms with E-state index < -0.39 is 0 Å². The molecule has 1 aromatic heterocycles. The lowest BCUT2D eigenvalue weighted by atomic mass is 10.2. The van der Waals surface area contributed by atoms with Crippen molar-refractivity contribution in [3.8, 4) is 0 Å². The van der Waals surface area contributed by atoms with Crippen LogP contribution in [0, 0.1) is 0 Å². The van der Waals surface area contributed by atoms with Crippen LogP contribution in [0.15, 0.2) is 15.9 Å². The van der Waals surface area contributed by atoms with Gasteiger partial charge in [-0.1, -0.05) is 18.7 Å². The molecule has 3 heterocycles. The predicted molar refractivity (Wildman–Crippen MR) is 87.9 cm³/mol. The van der Waals surface area contributed by atoms with Gasteiger partial charge in [0.15, 0.2) is 5.17 Å². The topological polar surface area (TPSA) is 48.8 Å². The average molecular weight is 324 g/mol. The lowest BCUT2D eigenvalue weighted by Crippen LogP contribution is -2.49. The van der Waals surface area contributed by atoms with E-state index in [0.717, 1.165) is 50.0 Å². The molecule has 0 radical (unpaired) electrons. The number of aryl methyl sites for hydroxylation is 1. The maximum Gasteiger partial charge on any atom is 0.223 e. The molecular weight excluding hydrogens is 304 g/mol. The molecule has 0 saturated carbocycles. The van der Waals surface area contributed by atoms with E-state index in [-0.39, 0.29) is 5.91 Å². The molecule has 2 aliphatic rings. The zero-order valence-corrected chi connectivity index (χ0v) is 13.8. The average Bonchev–Trinajstić information content (AvgIpc) is 3.16. The lowest BCUT2D eigenvalue weighted by molar-refractivity contribution is -0.132. The quantitative estimate of drug-likeness (QED) is 0.849. The first kappa shape index (κ1) is 14.8. The Balaban J connectivity index is 1.43. The summed E-state index contributed by atoms with van der Waals surface area (Å²) in [4.78, 5) is 25.3. The lowest BCUT2D eigenvalue weighted by Gasteiger charge is -2.35. The fourth-order valence-electron chi connectivity index (χ4n) is 2.54. The van der Waals surface area contributed by atoms with Crippen LogP contribution in [0.1, 0.15) is 19.0 Å². The number of aliphatic imine (C=N–C) groups is 1. The van der Waals surface area contributed by atoms with Crippen molar-refractivity contribution in [1.82, 2.24) is 14.8 Å². The molecule has 7 heteroatoms. The van der Waals surface area contributed by atoms with Gasteiger partial charge >= 0.3 is 0 Å². The minimum atomic E-state index is 0.247. The second-order valence-electron chi connectivity index (χ2n) is 5.40. The fourth-order valence-corrected chi connectivity index (χ4v) is 4.12. The van der Waals surface area contributed by atoms with Crippen molar-refractivity contribution in [3.63, 3.8) is 0 Å². The molecule has 3 rings (SSSR count). The van der Waals surface area contributed by atoms with Gasteiger partial charge in [-0.15, -0.1) is 11.3 Å². The van der Waals surface area contributed by atoms with Crippen molar-refractivity contribution in [2.24, 2.45) is 4.99 Å². The van der Waals surface area contributed by atoms with Crippen LogP contribution < -0.4 is 0 Å². The predicted octanol–water partition coefficient (Wildman–Crippen LogP) is 1.71. The number of amidine groups is 1. The van der Waals surface area contributed by atoms with Gasteiger partial charge in [0.2, 0.25) is 5.91 Å². The summed E-state index contributed by atoms with van der Waals surface area (Å²) in [5, 5.41) is 3.77. The summed E-state index contributed by atoms with van der Waals surface area (Å²) in [7, 11) is 0. The molecule has 1 amide bonds. The van der Waals surface area contributed by atoms with Gasteiger partial charge < -0.3 is 9.80 Å². The highest BCUT2D eigenvalue weighted by molar-refractivity contribution is 8.14. The van der Waals surface area contributed by atoms with Gasteiger partial charge in [-0.2, -0.15) is 0 Å². The summed E-state index contributed by atoms with van der Waals surface area (Å²) in [6.45, 7) is 6.56. The van der Waals surface area contributed by atoms with Crippen LogP contribution in [-0.4, -0.2) is 63.8 Å². The van der Waals surface area contributed by atoms with Gasteiger partial charge in [0.1, 0.15) is 0 Å². The highest BCUT2D eigenvalue weighted by atomic mass is 32.2. The Hall–Kier alpha value is -1.08. The van der Waals surface area contributed by atoms with Crippen LogP contribution in [-0.2, 0) is 11.2 Å². The normalized spacial score (nSPS) is 22.5. The van der Waals surface area contributed by atoms with Crippen LogP contribution in [0.25, 0.3) is 0 Å². The number of aromatic nitrogens is 1. The number of hydrogen-bond donors (Lipinski definition) is 0. The molecule has 1 saturated heterocycles. The molecule has 0 aromatic carbocycles. The number of carbonyl (C=O) groups excluding carboxylic acids is 1. The Bertz CT molecular complexity index is 509. The SMILES string of the molecule is CC1CN=C(N2CCN(C(=O)CCc3cscn3)CC2)S1. The van der Waals surface area contributed by atoms with E-state index in [1.54, 1.807) is 11.3 Å².